The molecular formula is C45H50FN9O6. The summed E-state index contributed by atoms with van der Waals surface area (Å²) >= 11 is 0. The number of piperazine rings is 1. The van der Waals surface area contributed by atoms with Gasteiger partial charge in [0.25, 0.3) is 5.56 Å². The van der Waals surface area contributed by atoms with Crippen LogP contribution in [0.5, 0.6) is 0 Å². The van der Waals surface area contributed by atoms with Gasteiger partial charge < -0.3 is 19.5 Å². The van der Waals surface area contributed by atoms with Crippen molar-refractivity contribution >= 4 is 40.5 Å². The van der Waals surface area contributed by atoms with Crippen LogP contribution < -0.4 is 26.8 Å². The molecule has 3 aliphatic heterocycles. The maximum atomic E-state index is 15.1. The lowest BCUT2D eigenvalue weighted by atomic mass is 9.84. The van der Waals surface area contributed by atoms with Crippen molar-refractivity contribution in [1.82, 2.24) is 34.2 Å². The third-order valence-corrected chi connectivity index (χ3v) is 13.0. The highest BCUT2D eigenvalue weighted by atomic mass is 19.1. The molecule has 0 bridgehead atoms. The van der Waals surface area contributed by atoms with Crippen LogP contribution in [-0.4, -0.2) is 98.5 Å². The lowest BCUT2D eigenvalue weighted by Gasteiger charge is -2.38. The zero-order valence-corrected chi connectivity index (χ0v) is 34.0. The summed E-state index contributed by atoms with van der Waals surface area (Å²) in [5.41, 5.74) is 3.04. The van der Waals surface area contributed by atoms with Crippen LogP contribution in [0.2, 0.25) is 0 Å². The van der Waals surface area contributed by atoms with Gasteiger partial charge in [-0.2, -0.15) is 0 Å². The topological polar surface area (TPSA) is 168 Å². The minimum atomic E-state index is -0.768. The van der Waals surface area contributed by atoms with E-state index < -0.39 is 23.5 Å². The number of pyridine rings is 1. The molecule has 0 spiro atoms. The molecule has 1 aliphatic carbocycles. The van der Waals surface area contributed by atoms with Crippen molar-refractivity contribution in [1.29, 1.82) is 0 Å². The SMILES string of the molecule is O=C1CCC(n2c(=O)oc3cc(N4CCN(CCC5CCN(C(=O)[C@H]6CCC[C@@H](Nc7ncc(F)c(-c8cccc(-n9ccccc9=O)c8)n7)C6)CC5)CC4)ccc32)C(=O)N1. The fourth-order valence-corrected chi connectivity index (χ4v) is 9.55. The number of carbonyl (C=O) groups excluding carboxylic acids is 3. The van der Waals surface area contributed by atoms with Crippen molar-refractivity contribution in [3.8, 4) is 16.9 Å². The Balaban J connectivity index is 0.728. The number of benzene rings is 2. The summed E-state index contributed by atoms with van der Waals surface area (Å²) in [5, 5.41) is 5.71. The van der Waals surface area contributed by atoms with Crippen LogP contribution in [-0.2, 0) is 14.4 Å². The van der Waals surface area contributed by atoms with Crippen LogP contribution in [0, 0.1) is 17.7 Å². The highest BCUT2D eigenvalue weighted by molar-refractivity contribution is 6.00. The second kappa shape index (κ2) is 17.4. The summed E-state index contributed by atoms with van der Waals surface area (Å²) in [6, 6.07) is 16.8. The number of fused-ring (bicyclic) bond motifs is 1. The molecule has 2 aromatic carbocycles. The highest BCUT2D eigenvalue weighted by Gasteiger charge is 2.34. The van der Waals surface area contributed by atoms with Gasteiger partial charge in [-0.3, -0.25) is 38.5 Å². The van der Waals surface area contributed by atoms with Gasteiger partial charge in [0, 0.05) is 92.9 Å². The monoisotopic (exact) mass is 831 g/mol. The molecule has 61 heavy (non-hydrogen) atoms. The zero-order chi connectivity index (χ0) is 42.0. The number of anilines is 2. The Morgan fingerprint density at radius 1 is 0.885 bits per heavy atom. The molecule has 2 N–H and O–H groups in total. The Hall–Kier alpha value is -6.16. The second-order valence-electron chi connectivity index (χ2n) is 16.8. The van der Waals surface area contributed by atoms with E-state index in [-0.39, 0.29) is 47.9 Å². The number of piperidine rings is 2. The van der Waals surface area contributed by atoms with Crippen molar-refractivity contribution in [3.63, 3.8) is 0 Å². The number of nitrogens with one attached hydrogen (secondary N) is 2. The lowest BCUT2D eigenvalue weighted by Crippen LogP contribution is -2.47. The Bertz CT molecular complexity index is 2560. The average Bonchev–Trinajstić information content (AvgIpc) is 3.61. The van der Waals surface area contributed by atoms with E-state index in [1.54, 1.807) is 42.6 Å². The van der Waals surface area contributed by atoms with Gasteiger partial charge >= 0.3 is 5.76 Å². The van der Waals surface area contributed by atoms with Crippen molar-refractivity contribution < 1.29 is 23.2 Å². The number of hydrogen-bond acceptors (Lipinski definition) is 11. The first-order valence-electron chi connectivity index (χ1n) is 21.5. The number of aromatic nitrogens is 4. The molecule has 15 nitrogen and oxygen atoms in total. The van der Waals surface area contributed by atoms with Crippen molar-refractivity contribution in [2.75, 3.05) is 56.0 Å². The number of amides is 3. The summed E-state index contributed by atoms with van der Waals surface area (Å²) in [6.45, 7) is 6.07. The lowest BCUT2D eigenvalue weighted by molar-refractivity contribution is -0.138. The predicted molar refractivity (Wildman–Crippen MR) is 227 cm³/mol. The van der Waals surface area contributed by atoms with Crippen LogP contribution in [0.25, 0.3) is 28.0 Å². The number of nitrogens with zero attached hydrogens (tertiary/aromatic N) is 7. The maximum Gasteiger partial charge on any atom is 0.420 e. The normalized spacial score (nSPS) is 21.8. The van der Waals surface area contributed by atoms with E-state index in [0.29, 0.717) is 40.6 Å². The van der Waals surface area contributed by atoms with Gasteiger partial charge in [0.1, 0.15) is 11.7 Å². The Morgan fingerprint density at radius 3 is 2.52 bits per heavy atom. The minimum Gasteiger partial charge on any atom is -0.408 e. The summed E-state index contributed by atoms with van der Waals surface area (Å²) < 4.78 is 23.5. The van der Waals surface area contributed by atoms with E-state index in [1.807, 2.05) is 18.2 Å². The molecule has 0 radical (unpaired) electrons. The highest BCUT2D eigenvalue weighted by Crippen LogP contribution is 2.32. The molecule has 1 unspecified atom stereocenters. The van der Waals surface area contributed by atoms with Gasteiger partial charge in [-0.05, 0) is 87.7 Å². The number of hydrogen-bond donors (Lipinski definition) is 2. The third-order valence-electron chi connectivity index (χ3n) is 13.0. The van der Waals surface area contributed by atoms with Gasteiger partial charge in [0.05, 0.1) is 11.7 Å². The summed E-state index contributed by atoms with van der Waals surface area (Å²) in [6.07, 6.45) is 9.66. The van der Waals surface area contributed by atoms with E-state index in [9.17, 15) is 24.0 Å². The Kier molecular flexibility index (Phi) is 11.5. The largest absolute Gasteiger partial charge is 0.420 e. The van der Waals surface area contributed by atoms with Gasteiger partial charge in [-0.15, -0.1) is 0 Å². The van der Waals surface area contributed by atoms with Crippen molar-refractivity contribution in [2.45, 2.75) is 69.9 Å². The summed E-state index contributed by atoms with van der Waals surface area (Å²) in [4.78, 5) is 78.6. The van der Waals surface area contributed by atoms with E-state index in [2.05, 4.69) is 35.3 Å². The van der Waals surface area contributed by atoms with Crippen LogP contribution in [0.15, 0.2) is 87.1 Å². The zero-order valence-electron chi connectivity index (χ0n) is 34.0. The van der Waals surface area contributed by atoms with Gasteiger partial charge in [0.15, 0.2) is 11.4 Å². The van der Waals surface area contributed by atoms with Crippen LogP contribution in [0.3, 0.4) is 0 Å². The predicted octanol–water partition coefficient (Wildman–Crippen LogP) is 4.74. The molecule has 3 atom stereocenters. The maximum absolute atomic E-state index is 15.1. The molecule has 4 fully saturated rings. The number of halogens is 1. The first-order valence-corrected chi connectivity index (χ1v) is 21.5. The van der Waals surface area contributed by atoms with Gasteiger partial charge in [-0.25, -0.2) is 19.2 Å². The minimum absolute atomic E-state index is 0.0103. The third kappa shape index (κ3) is 8.72. The standard InChI is InChI=1S/C45H50FN9O6/c46-35-28-47-44(50-41(35)30-5-4-8-34(26-30)54-17-2-1-9-40(54)57)48-32-7-3-6-31(25-32)43(59)53-19-15-29(16-20-53)14-18-51-21-23-52(24-22-51)33-10-11-36-38(27-33)61-45(60)55(36)37-12-13-39(56)49-42(37)58/h1-2,4-5,8-11,17,26-29,31-32,37H,3,6-7,12-16,18-25H2,(H,47,48,50)(H,49,56,58)/t31-,32+,37?/m0/s1. The molecule has 16 heteroatoms. The summed E-state index contributed by atoms with van der Waals surface area (Å²) in [7, 11) is 0. The molecule has 9 rings (SSSR count). The molecule has 5 aromatic rings. The van der Waals surface area contributed by atoms with Crippen LogP contribution >= 0.6 is 0 Å². The molecule has 6 heterocycles. The first kappa shape index (κ1) is 40.3. The Morgan fingerprint density at radius 2 is 1.72 bits per heavy atom. The molecule has 3 aromatic heterocycles. The Labute approximate surface area is 351 Å². The fraction of sp³-hybridized carbons (Fsp3) is 0.444. The number of oxazole rings is 1. The molecule has 4 aliphatic rings. The number of carbonyl (C=O) groups is 3. The molecular weight excluding hydrogens is 782 g/mol. The van der Waals surface area contributed by atoms with E-state index in [0.717, 1.165) is 90.0 Å². The molecule has 3 amide bonds. The summed E-state index contributed by atoms with van der Waals surface area (Å²) in [5.74, 6) is -0.949. The fourth-order valence-electron chi connectivity index (χ4n) is 9.55. The van der Waals surface area contributed by atoms with Crippen LogP contribution in [0.4, 0.5) is 16.0 Å². The number of likely N-dealkylation sites (tertiary alicyclic amines) is 1. The number of imide groups is 1. The first-order chi connectivity index (χ1) is 29.7. The van der Waals surface area contributed by atoms with Gasteiger partial charge in [-0.1, -0.05) is 24.6 Å². The molecule has 3 saturated heterocycles. The smallest absolute Gasteiger partial charge is 0.408 e. The number of rotatable bonds is 10. The van der Waals surface area contributed by atoms with E-state index >= 15 is 4.39 Å². The van der Waals surface area contributed by atoms with Crippen molar-refractivity contribution in [3.05, 3.63) is 99.8 Å². The quantitative estimate of drug-likeness (QED) is 0.187. The van der Waals surface area contributed by atoms with E-state index in [4.69, 9.17) is 4.42 Å². The second-order valence-corrected chi connectivity index (χ2v) is 16.8. The average molecular weight is 832 g/mol. The van der Waals surface area contributed by atoms with Gasteiger partial charge in [0.2, 0.25) is 23.7 Å². The van der Waals surface area contributed by atoms with Crippen molar-refractivity contribution in [2.24, 2.45) is 11.8 Å². The van der Waals surface area contributed by atoms with Crippen LogP contribution in [0.1, 0.15) is 63.8 Å². The van der Waals surface area contributed by atoms with E-state index in [1.165, 1.54) is 21.4 Å². The molecule has 318 valence electrons. The molecule has 1 saturated carbocycles.